The number of hydrogen-bond donors (Lipinski definition) is 0. The number of hydrogen-bond acceptors (Lipinski definition) is 11. The second kappa shape index (κ2) is 9.65. The highest BCUT2D eigenvalue weighted by molar-refractivity contribution is 8.02. The standard InChI is InChI=1S/C16H22N6O2S3/c1-9(2)5-11-17-13(23-21-11)7-25-15-19-20-16(27-15)26-8-14-18-12(22-24-14)6-10(3)4/h9-10H,5-8H2,1-4H3. The lowest BCUT2D eigenvalue weighted by molar-refractivity contribution is 0.382. The molecular formula is C16H22N6O2S3. The van der Waals surface area contributed by atoms with Gasteiger partial charge in [-0.3, -0.25) is 0 Å². The van der Waals surface area contributed by atoms with Gasteiger partial charge >= 0.3 is 0 Å². The van der Waals surface area contributed by atoms with Gasteiger partial charge in [0.05, 0.1) is 11.5 Å². The van der Waals surface area contributed by atoms with Gasteiger partial charge in [-0.25, -0.2) is 0 Å². The van der Waals surface area contributed by atoms with Crippen molar-refractivity contribution in [3.05, 3.63) is 23.4 Å². The molecular weight excluding hydrogens is 404 g/mol. The SMILES string of the molecule is CC(C)Cc1noc(CSc2nnc(SCc3nc(CC(C)C)no3)s2)n1. The zero-order valence-electron chi connectivity index (χ0n) is 15.7. The maximum Gasteiger partial charge on any atom is 0.237 e. The summed E-state index contributed by atoms with van der Waals surface area (Å²) in [7, 11) is 0. The van der Waals surface area contributed by atoms with E-state index in [0.717, 1.165) is 33.2 Å². The molecule has 0 aromatic carbocycles. The van der Waals surface area contributed by atoms with E-state index in [2.05, 4.69) is 58.2 Å². The lowest BCUT2D eigenvalue weighted by Crippen LogP contribution is -1.96. The third-order valence-electron chi connectivity index (χ3n) is 3.23. The average molecular weight is 427 g/mol. The molecule has 3 aromatic rings. The summed E-state index contributed by atoms with van der Waals surface area (Å²) in [5.41, 5.74) is 0. The van der Waals surface area contributed by atoms with Gasteiger partial charge in [-0.1, -0.05) is 72.9 Å². The Morgan fingerprint density at radius 2 is 1.22 bits per heavy atom. The normalized spacial score (nSPS) is 11.8. The maximum absolute atomic E-state index is 5.27. The number of rotatable bonds is 10. The molecule has 8 nitrogen and oxygen atoms in total. The van der Waals surface area contributed by atoms with E-state index in [-0.39, 0.29) is 0 Å². The van der Waals surface area contributed by atoms with Crippen molar-refractivity contribution in [3.63, 3.8) is 0 Å². The topological polar surface area (TPSA) is 104 Å². The third kappa shape index (κ3) is 6.58. The number of aromatic nitrogens is 6. The zero-order valence-corrected chi connectivity index (χ0v) is 18.2. The van der Waals surface area contributed by atoms with Crippen molar-refractivity contribution in [2.75, 3.05) is 0 Å². The minimum atomic E-state index is 0.506. The molecule has 0 spiro atoms. The zero-order chi connectivity index (χ0) is 19.2. The summed E-state index contributed by atoms with van der Waals surface area (Å²) in [4.78, 5) is 8.79. The molecule has 27 heavy (non-hydrogen) atoms. The summed E-state index contributed by atoms with van der Waals surface area (Å²) in [6.45, 7) is 8.52. The Hall–Kier alpha value is -1.46. The van der Waals surface area contributed by atoms with E-state index in [1.54, 1.807) is 23.5 Å². The van der Waals surface area contributed by atoms with E-state index in [4.69, 9.17) is 9.05 Å². The molecule has 3 heterocycles. The first kappa shape index (κ1) is 20.3. The molecule has 11 heteroatoms. The van der Waals surface area contributed by atoms with Crippen molar-refractivity contribution in [2.45, 2.75) is 60.7 Å². The van der Waals surface area contributed by atoms with Crippen LogP contribution in [0.15, 0.2) is 17.7 Å². The van der Waals surface area contributed by atoms with Crippen LogP contribution >= 0.6 is 34.9 Å². The van der Waals surface area contributed by atoms with E-state index < -0.39 is 0 Å². The largest absolute Gasteiger partial charge is 0.338 e. The van der Waals surface area contributed by atoms with Gasteiger partial charge in [-0.2, -0.15) is 9.97 Å². The summed E-state index contributed by atoms with van der Waals surface area (Å²) < 4.78 is 12.3. The van der Waals surface area contributed by atoms with Crippen molar-refractivity contribution in [3.8, 4) is 0 Å². The molecule has 0 N–H and O–H groups in total. The van der Waals surface area contributed by atoms with Crippen LogP contribution in [0.1, 0.15) is 51.1 Å². The first-order valence-corrected chi connectivity index (χ1v) is 11.5. The highest BCUT2D eigenvalue weighted by Gasteiger charge is 2.13. The summed E-state index contributed by atoms with van der Waals surface area (Å²) in [6.07, 6.45) is 1.64. The lowest BCUT2D eigenvalue weighted by Gasteiger charge is -1.96. The van der Waals surface area contributed by atoms with Crippen LogP contribution in [0.2, 0.25) is 0 Å². The molecule has 0 saturated carbocycles. The molecule has 0 amide bonds. The minimum Gasteiger partial charge on any atom is -0.338 e. The minimum absolute atomic E-state index is 0.506. The van der Waals surface area contributed by atoms with Gasteiger partial charge in [0.15, 0.2) is 20.3 Å². The number of thioether (sulfide) groups is 2. The van der Waals surface area contributed by atoms with Gasteiger partial charge in [0.1, 0.15) is 0 Å². The van der Waals surface area contributed by atoms with Crippen LogP contribution in [-0.4, -0.2) is 30.5 Å². The fraction of sp³-hybridized carbons (Fsp3) is 0.625. The summed E-state index contributed by atoms with van der Waals surface area (Å²) in [5, 5.41) is 16.4. The van der Waals surface area contributed by atoms with Crippen LogP contribution in [0.25, 0.3) is 0 Å². The second-order valence-electron chi connectivity index (χ2n) is 6.82. The van der Waals surface area contributed by atoms with Crippen LogP contribution in [0.3, 0.4) is 0 Å². The first-order valence-electron chi connectivity index (χ1n) is 8.70. The maximum atomic E-state index is 5.27. The Labute approximate surface area is 170 Å². The summed E-state index contributed by atoms with van der Waals surface area (Å²) >= 11 is 4.62. The predicted octanol–water partition coefficient (Wildman–Crippen LogP) is 4.29. The molecule has 0 saturated heterocycles. The van der Waals surface area contributed by atoms with Crippen LogP contribution in [0, 0.1) is 11.8 Å². The fourth-order valence-corrected chi connectivity index (χ4v) is 4.85. The second-order valence-corrected chi connectivity index (χ2v) is 10.2. The lowest BCUT2D eigenvalue weighted by atomic mass is 10.1. The van der Waals surface area contributed by atoms with E-state index in [1.165, 1.54) is 11.3 Å². The molecule has 146 valence electrons. The van der Waals surface area contributed by atoms with Crippen molar-refractivity contribution < 1.29 is 9.05 Å². The van der Waals surface area contributed by atoms with Gasteiger partial charge in [-0.05, 0) is 11.8 Å². The molecule has 3 aromatic heterocycles. The van der Waals surface area contributed by atoms with E-state index in [0.29, 0.717) is 35.1 Å². The first-order chi connectivity index (χ1) is 13.0. The van der Waals surface area contributed by atoms with Gasteiger partial charge in [0.25, 0.3) is 0 Å². The fourth-order valence-electron chi connectivity index (χ4n) is 2.15. The van der Waals surface area contributed by atoms with Crippen molar-refractivity contribution in [1.29, 1.82) is 0 Å². The molecule has 3 rings (SSSR count). The Morgan fingerprint density at radius 3 is 1.63 bits per heavy atom. The van der Waals surface area contributed by atoms with Crippen molar-refractivity contribution >= 4 is 34.9 Å². The third-order valence-corrected chi connectivity index (χ3v) is 6.39. The van der Waals surface area contributed by atoms with Crippen molar-refractivity contribution in [2.24, 2.45) is 11.8 Å². The van der Waals surface area contributed by atoms with Crippen LogP contribution in [-0.2, 0) is 24.3 Å². The van der Waals surface area contributed by atoms with E-state index in [9.17, 15) is 0 Å². The van der Waals surface area contributed by atoms with E-state index in [1.807, 2.05) is 0 Å². The molecule has 0 aliphatic carbocycles. The summed E-state index contributed by atoms with van der Waals surface area (Å²) in [5.74, 6) is 4.93. The van der Waals surface area contributed by atoms with Gasteiger partial charge in [-0.15, -0.1) is 10.2 Å². The van der Waals surface area contributed by atoms with Gasteiger partial charge < -0.3 is 9.05 Å². The quantitative estimate of drug-likeness (QED) is 0.436. The molecule has 0 aliphatic heterocycles. The van der Waals surface area contributed by atoms with Gasteiger partial charge in [0, 0.05) is 12.8 Å². The molecule has 0 radical (unpaired) electrons. The molecule has 0 unspecified atom stereocenters. The average Bonchev–Trinajstić information content (AvgIpc) is 3.31. The molecule has 0 aliphatic rings. The van der Waals surface area contributed by atoms with E-state index >= 15 is 0 Å². The van der Waals surface area contributed by atoms with Crippen molar-refractivity contribution in [1.82, 2.24) is 30.5 Å². The number of nitrogens with zero attached hydrogens (tertiary/aromatic N) is 6. The highest BCUT2D eigenvalue weighted by atomic mass is 32.2. The Bertz CT molecular complexity index is 778. The van der Waals surface area contributed by atoms with Crippen LogP contribution < -0.4 is 0 Å². The smallest absolute Gasteiger partial charge is 0.237 e. The monoisotopic (exact) mass is 426 g/mol. The van der Waals surface area contributed by atoms with Crippen LogP contribution in [0.5, 0.6) is 0 Å². The van der Waals surface area contributed by atoms with Gasteiger partial charge in [0.2, 0.25) is 11.8 Å². The molecule has 0 atom stereocenters. The Kier molecular flexibility index (Phi) is 7.25. The van der Waals surface area contributed by atoms with Crippen LogP contribution in [0.4, 0.5) is 0 Å². The molecule has 0 bridgehead atoms. The highest BCUT2D eigenvalue weighted by Crippen LogP contribution is 2.31. The Morgan fingerprint density at radius 1 is 0.778 bits per heavy atom. The summed E-state index contributed by atoms with van der Waals surface area (Å²) in [6, 6.07) is 0. The molecule has 0 fully saturated rings. The Balaban J connectivity index is 1.45. The predicted molar refractivity (Wildman–Crippen MR) is 105 cm³/mol.